The lowest BCUT2D eigenvalue weighted by atomic mass is 10.00. The highest BCUT2D eigenvalue weighted by atomic mass is 79.9. The van der Waals surface area contributed by atoms with Gasteiger partial charge in [-0.15, -0.1) is 0 Å². The van der Waals surface area contributed by atoms with Crippen LogP contribution in [0.5, 0.6) is 0 Å². The van der Waals surface area contributed by atoms with E-state index in [2.05, 4.69) is 27.3 Å². The number of aryl methyl sites for hydroxylation is 2. The van der Waals surface area contributed by atoms with Crippen LogP contribution < -0.4 is 5.32 Å². The van der Waals surface area contributed by atoms with E-state index in [1.54, 1.807) is 0 Å². The first-order valence-electron chi connectivity index (χ1n) is 6.36. The molecule has 1 unspecified atom stereocenters. The Morgan fingerprint density at radius 3 is 2.40 bits per heavy atom. The van der Waals surface area contributed by atoms with E-state index in [1.807, 2.05) is 32.9 Å². The fourth-order valence-electron chi connectivity index (χ4n) is 2.26. The lowest BCUT2D eigenvalue weighted by molar-refractivity contribution is 0.579. The Kier molecular flexibility index (Phi) is 4.43. The van der Waals surface area contributed by atoms with E-state index in [-0.39, 0.29) is 16.2 Å². The number of anilines is 1. The summed E-state index contributed by atoms with van der Waals surface area (Å²) in [5, 5.41) is 3.08. The van der Waals surface area contributed by atoms with Crippen LogP contribution >= 0.6 is 15.9 Å². The molecule has 0 amide bonds. The van der Waals surface area contributed by atoms with E-state index in [9.17, 15) is 8.78 Å². The van der Waals surface area contributed by atoms with Crippen LogP contribution in [0.25, 0.3) is 0 Å². The van der Waals surface area contributed by atoms with Gasteiger partial charge in [-0.1, -0.05) is 23.8 Å². The quantitative estimate of drug-likeness (QED) is 0.726. The predicted octanol–water partition coefficient (Wildman–Crippen LogP) is 5.52. The van der Waals surface area contributed by atoms with Crippen LogP contribution in [0.3, 0.4) is 0 Å². The molecule has 20 heavy (non-hydrogen) atoms. The minimum atomic E-state index is -0.604. The van der Waals surface area contributed by atoms with Crippen molar-refractivity contribution in [2.75, 3.05) is 5.32 Å². The molecule has 1 nitrogen and oxygen atoms in total. The van der Waals surface area contributed by atoms with Crippen molar-refractivity contribution in [2.45, 2.75) is 26.8 Å². The van der Waals surface area contributed by atoms with Gasteiger partial charge in [-0.05, 0) is 53.9 Å². The molecule has 2 aromatic carbocycles. The fraction of sp³-hybridized carbons (Fsp3) is 0.250. The van der Waals surface area contributed by atoms with Crippen LogP contribution in [0.15, 0.2) is 34.8 Å². The molecule has 1 atom stereocenters. The monoisotopic (exact) mass is 339 g/mol. The third-order valence-electron chi connectivity index (χ3n) is 3.27. The first-order valence-corrected chi connectivity index (χ1v) is 7.16. The second kappa shape index (κ2) is 5.92. The van der Waals surface area contributed by atoms with Gasteiger partial charge in [0.15, 0.2) is 0 Å². The predicted molar refractivity (Wildman–Crippen MR) is 82.0 cm³/mol. The Hall–Kier alpha value is -1.42. The number of benzene rings is 2. The highest BCUT2D eigenvalue weighted by Crippen LogP contribution is 2.28. The van der Waals surface area contributed by atoms with Gasteiger partial charge in [0.05, 0.1) is 10.2 Å². The third-order valence-corrected chi connectivity index (χ3v) is 3.88. The molecule has 2 rings (SSSR count). The van der Waals surface area contributed by atoms with E-state index in [4.69, 9.17) is 0 Å². The van der Waals surface area contributed by atoms with Crippen LogP contribution in [-0.2, 0) is 0 Å². The molecule has 0 heterocycles. The van der Waals surface area contributed by atoms with Crippen molar-refractivity contribution in [3.63, 3.8) is 0 Å². The van der Waals surface area contributed by atoms with Gasteiger partial charge in [-0.2, -0.15) is 0 Å². The molecule has 0 fully saturated rings. The largest absolute Gasteiger partial charge is 0.376 e. The lowest BCUT2D eigenvalue weighted by Gasteiger charge is -2.19. The molecular formula is C16H16BrF2N. The SMILES string of the molecule is Cc1ccc(C(C)Nc2cc(Br)c(F)cc2F)c(C)c1. The molecule has 0 aliphatic carbocycles. The number of halogens is 3. The van der Waals surface area contributed by atoms with E-state index >= 15 is 0 Å². The van der Waals surface area contributed by atoms with Gasteiger partial charge >= 0.3 is 0 Å². The normalized spacial score (nSPS) is 12.3. The maximum absolute atomic E-state index is 13.7. The lowest BCUT2D eigenvalue weighted by Crippen LogP contribution is -2.10. The van der Waals surface area contributed by atoms with Gasteiger partial charge in [0.1, 0.15) is 11.6 Å². The molecule has 0 bridgehead atoms. The Balaban J connectivity index is 2.27. The summed E-state index contributed by atoms with van der Waals surface area (Å²) in [5.41, 5.74) is 3.71. The second-order valence-electron chi connectivity index (χ2n) is 4.97. The molecule has 1 N–H and O–H groups in total. The molecule has 2 aromatic rings. The van der Waals surface area contributed by atoms with Crippen molar-refractivity contribution in [3.8, 4) is 0 Å². The Morgan fingerprint density at radius 1 is 1.05 bits per heavy atom. The molecule has 0 aromatic heterocycles. The Morgan fingerprint density at radius 2 is 1.75 bits per heavy atom. The Bertz CT molecular complexity index is 641. The van der Waals surface area contributed by atoms with E-state index in [0.29, 0.717) is 0 Å². The van der Waals surface area contributed by atoms with Crippen LogP contribution in [0.4, 0.5) is 14.5 Å². The fourth-order valence-corrected chi connectivity index (χ4v) is 2.60. The van der Waals surface area contributed by atoms with Crippen molar-refractivity contribution in [1.82, 2.24) is 0 Å². The van der Waals surface area contributed by atoms with Gasteiger partial charge < -0.3 is 5.32 Å². The number of hydrogen-bond donors (Lipinski definition) is 1. The number of nitrogens with one attached hydrogen (secondary N) is 1. The van der Waals surface area contributed by atoms with Crippen molar-refractivity contribution >= 4 is 21.6 Å². The van der Waals surface area contributed by atoms with Gasteiger partial charge in [-0.3, -0.25) is 0 Å². The Labute approximate surface area is 126 Å². The zero-order chi connectivity index (χ0) is 14.9. The maximum atomic E-state index is 13.7. The van der Waals surface area contributed by atoms with Crippen molar-refractivity contribution in [1.29, 1.82) is 0 Å². The minimum absolute atomic E-state index is 0.0672. The number of rotatable bonds is 3. The van der Waals surface area contributed by atoms with Crippen LogP contribution in [-0.4, -0.2) is 0 Å². The molecule has 0 aliphatic heterocycles. The standard InChI is InChI=1S/C16H16BrF2N/c1-9-4-5-12(10(2)6-9)11(3)20-16-7-13(17)14(18)8-15(16)19/h4-8,11,20H,1-3H3. The highest BCUT2D eigenvalue weighted by Gasteiger charge is 2.13. The third kappa shape index (κ3) is 3.18. The van der Waals surface area contributed by atoms with Gasteiger partial charge in [-0.25, -0.2) is 8.78 Å². The van der Waals surface area contributed by atoms with Crippen LogP contribution in [0.2, 0.25) is 0 Å². The summed E-state index contributed by atoms with van der Waals surface area (Å²) in [6.45, 7) is 6.01. The number of hydrogen-bond acceptors (Lipinski definition) is 1. The summed E-state index contributed by atoms with van der Waals surface area (Å²) in [5.74, 6) is -1.20. The van der Waals surface area contributed by atoms with Gasteiger partial charge in [0, 0.05) is 12.1 Å². The molecular weight excluding hydrogens is 324 g/mol. The summed E-state index contributed by atoms with van der Waals surface area (Å²) in [7, 11) is 0. The van der Waals surface area contributed by atoms with Crippen molar-refractivity contribution < 1.29 is 8.78 Å². The molecule has 0 aliphatic rings. The van der Waals surface area contributed by atoms with E-state index in [0.717, 1.165) is 17.2 Å². The second-order valence-corrected chi connectivity index (χ2v) is 5.83. The van der Waals surface area contributed by atoms with Crippen molar-refractivity contribution in [3.05, 3.63) is 63.1 Å². The zero-order valence-electron chi connectivity index (χ0n) is 11.6. The van der Waals surface area contributed by atoms with E-state index in [1.165, 1.54) is 11.6 Å². The van der Waals surface area contributed by atoms with E-state index < -0.39 is 11.6 Å². The summed E-state index contributed by atoms with van der Waals surface area (Å²) in [6.07, 6.45) is 0. The molecule has 0 spiro atoms. The average molecular weight is 340 g/mol. The topological polar surface area (TPSA) is 12.0 Å². The van der Waals surface area contributed by atoms with Crippen LogP contribution in [0.1, 0.15) is 29.7 Å². The van der Waals surface area contributed by atoms with Gasteiger partial charge in [0.2, 0.25) is 0 Å². The van der Waals surface area contributed by atoms with Crippen molar-refractivity contribution in [2.24, 2.45) is 0 Å². The molecule has 106 valence electrons. The zero-order valence-corrected chi connectivity index (χ0v) is 13.2. The first kappa shape index (κ1) is 15.0. The van der Waals surface area contributed by atoms with Gasteiger partial charge in [0.25, 0.3) is 0 Å². The highest BCUT2D eigenvalue weighted by molar-refractivity contribution is 9.10. The maximum Gasteiger partial charge on any atom is 0.149 e. The molecule has 0 saturated heterocycles. The smallest absolute Gasteiger partial charge is 0.149 e. The average Bonchev–Trinajstić information content (AvgIpc) is 2.35. The molecule has 4 heteroatoms. The summed E-state index contributed by atoms with van der Waals surface area (Å²) >= 11 is 3.07. The molecule has 0 saturated carbocycles. The summed E-state index contributed by atoms with van der Waals surface area (Å²) in [6, 6.07) is 8.37. The summed E-state index contributed by atoms with van der Waals surface area (Å²) in [4.78, 5) is 0. The van der Waals surface area contributed by atoms with Crippen LogP contribution in [0, 0.1) is 25.5 Å². The first-order chi connectivity index (χ1) is 9.38. The minimum Gasteiger partial charge on any atom is -0.376 e. The molecule has 0 radical (unpaired) electrons. The summed E-state index contributed by atoms with van der Waals surface area (Å²) < 4.78 is 27.2.